The van der Waals surface area contributed by atoms with Crippen molar-refractivity contribution in [1.29, 1.82) is 0 Å². The Labute approximate surface area is 255 Å². The molecule has 0 saturated carbocycles. The molecule has 0 aliphatic rings. The Balaban J connectivity index is 1.15. The van der Waals surface area contributed by atoms with Crippen LogP contribution in [0.15, 0.2) is 158 Å². The Kier molecular flexibility index (Phi) is 6.43. The van der Waals surface area contributed by atoms with Gasteiger partial charge in [-0.15, -0.1) is 0 Å². The molecule has 0 spiro atoms. The van der Waals surface area contributed by atoms with Gasteiger partial charge in [-0.3, -0.25) is 0 Å². The SMILES string of the molecule is c1ccc(-c2cc(-c3ccccc3)nc(-c3ccc4cc(-c5ccc6nc(-c7ccccc7)ccc6c5)ccc4n3)n2)cc1. The molecule has 8 aromatic rings. The van der Waals surface area contributed by atoms with Crippen molar-refractivity contribution in [2.75, 3.05) is 0 Å². The van der Waals surface area contributed by atoms with Gasteiger partial charge in [-0.2, -0.15) is 0 Å². The van der Waals surface area contributed by atoms with Crippen LogP contribution in [-0.4, -0.2) is 19.9 Å². The Morgan fingerprint density at radius 3 is 1.20 bits per heavy atom. The highest BCUT2D eigenvalue weighted by Gasteiger charge is 2.13. The zero-order chi connectivity index (χ0) is 29.3. The van der Waals surface area contributed by atoms with Gasteiger partial charge in [-0.1, -0.05) is 115 Å². The van der Waals surface area contributed by atoms with Crippen molar-refractivity contribution < 1.29 is 0 Å². The van der Waals surface area contributed by atoms with E-state index in [4.69, 9.17) is 19.9 Å². The first-order valence-electron chi connectivity index (χ1n) is 14.6. The fourth-order valence-electron chi connectivity index (χ4n) is 5.58. The average Bonchev–Trinajstić information content (AvgIpc) is 3.11. The van der Waals surface area contributed by atoms with Crippen LogP contribution in [0.3, 0.4) is 0 Å². The molecule has 44 heavy (non-hydrogen) atoms. The van der Waals surface area contributed by atoms with Crippen molar-refractivity contribution >= 4 is 21.8 Å². The minimum atomic E-state index is 0.605. The molecule has 3 heterocycles. The number of hydrogen-bond acceptors (Lipinski definition) is 4. The third-order valence-corrected chi connectivity index (χ3v) is 7.88. The van der Waals surface area contributed by atoms with Crippen LogP contribution in [0.5, 0.6) is 0 Å². The van der Waals surface area contributed by atoms with Gasteiger partial charge in [0.2, 0.25) is 0 Å². The predicted octanol–water partition coefficient (Wildman–Crippen LogP) is 9.91. The summed E-state index contributed by atoms with van der Waals surface area (Å²) in [6.45, 7) is 0. The molecule has 0 saturated heterocycles. The lowest BCUT2D eigenvalue weighted by molar-refractivity contribution is 1.16. The topological polar surface area (TPSA) is 51.6 Å². The van der Waals surface area contributed by atoms with Crippen molar-refractivity contribution in [3.05, 3.63) is 158 Å². The summed E-state index contributed by atoms with van der Waals surface area (Å²) in [5.41, 5.74) is 10.8. The third-order valence-electron chi connectivity index (χ3n) is 7.88. The summed E-state index contributed by atoms with van der Waals surface area (Å²) in [5, 5.41) is 2.17. The molecule has 3 aromatic heterocycles. The Morgan fingerprint density at radius 1 is 0.273 bits per heavy atom. The number of aromatic nitrogens is 4. The van der Waals surface area contributed by atoms with Gasteiger partial charge in [-0.05, 0) is 53.6 Å². The first-order valence-corrected chi connectivity index (χ1v) is 14.6. The van der Waals surface area contributed by atoms with E-state index < -0.39 is 0 Å². The number of hydrogen-bond donors (Lipinski definition) is 0. The Morgan fingerprint density at radius 2 is 0.705 bits per heavy atom. The van der Waals surface area contributed by atoms with E-state index in [9.17, 15) is 0 Å². The van der Waals surface area contributed by atoms with Crippen LogP contribution in [0.1, 0.15) is 0 Å². The molecule has 0 aliphatic carbocycles. The number of fused-ring (bicyclic) bond motifs is 2. The van der Waals surface area contributed by atoms with Gasteiger partial charge in [0, 0.05) is 27.5 Å². The summed E-state index contributed by atoms with van der Waals surface area (Å²) in [5.74, 6) is 0.605. The van der Waals surface area contributed by atoms with Gasteiger partial charge in [0.15, 0.2) is 5.82 Å². The second-order valence-corrected chi connectivity index (χ2v) is 10.8. The zero-order valence-electron chi connectivity index (χ0n) is 23.8. The number of rotatable bonds is 5. The highest BCUT2D eigenvalue weighted by Crippen LogP contribution is 2.31. The summed E-state index contributed by atoms with van der Waals surface area (Å²) in [7, 11) is 0. The van der Waals surface area contributed by atoms with Gasteiger partial charge in [-0.25, -0.2) is 19.9 Å². The van der Waals surface area contributed by atoms with Crippen LogP contribution < -0.4 is 0 Å². The van der Waals surface area contributed by atoms with Gasteiger partial charge in [0.1, 0.15) is 5.69 Å². The normalized spacial score (nSPS) is 11.2. The Bertz CT molecular complexity index is 2210. The molecule has 0 bridgehead atoms. The lowest BCUT2D eigenvalue weighted by Crippen LogP contribution is -1.97. The van der Waals surface area contributed by atoms with Crippen molar-refractivity contribution in [3.63, 3.8) is 0 Å². The molecular weight excluding hydrogens is 536 g/mol. The second-order valence-electron chi connectivity index (χ2n) is 10.8. The maximum atomic E-state index is 5.00. The number of pyridine rings is 2. The van der Waals surface area contributed by atoms with E-state index in [2.05, 4.69) is 91.0 Å². The minimum absolute atomic E-state index is 0.605. The number of benzene rings is 5. The highest BCUT2D eigenvalue weighted by atomic mass is 14.9. The molecule has 0 radical (unpaired) electrons. The van der Waals surface area contributed by atoms with Crippen LogP contribution in [-0.2, 0) is 0 Å². The van der Waals surface area contributed by atoms with Gasteiger partial charge >= 0.3 is 0 Å². The van der Waals surface area contributed by atoms with Crippen LogP contribution in [0.2, 0.25) is 0 Å². The molecule has 0 unspecified atom stereocenters. The monoisotopic (exact) mass is 562 g/mol. The largest absolute Gasteiger partial charge is 0.248 e. The smallest absolute Gasteiger partial charge is 0.179 e. The first-order chi connectivity index (χ1) is 21.8. The van der Waals surface area contributed by atoms with E-state index in [1.54, 1.807) is 0 Å². The zero-order valence-corrected chi connectivity index (χ0v) is 23.8. The lowest BCUT2D eigenvalue weighted by atomic mass is 10.0. The molecule has 4 heteroatoms. The van der Waals surface area contributed by atoms with Crippen LogP contribution >= 0.6 is 0 Å². The molecular formula is C40H26N4. The molecule has 0 atom stereocenters. The fourth-order valence-corrected chi connectivity index (χ4v) is 5.58. The van der Waals surface area contributed by atoms with E-state index in [0.717, 1.165) is 72.4 Å². The maximum absolute atomic E-state index is 5.00. The second kappa shape index (κ2) is 11.0. The van der Waals surface area contributed by atoms with Crippen molar-refractivity contribution in [1.82, 2.24) is 19.9 Å². The fraction of sp³-hybridized carbons (Fsp3) is 0. The average molecular weight is 563 g/mol. The van der Waals surface area contributed by atoms with Crippen LogP contribution in [0.4, 0.5) is 0 Å². The summed E-state index contributed by atoms with van der Waals surface area (Å²) in [6, 6.07) is 53.9. The summed E-state index contributed by atoms with van der Waals surface area (Å²) in [6.07, 6.45) is 0. The number of nitrogens with zero attached hydrogens (tertiary/aromatic N) is 4. The van der Waals surface area contributed by atoms with Crippen LogP contribution in [0, 0.1) is 0 Å². The molecule has 5 aromatic carbocycles. The van der Waals surface area contributed by atoms with E-state index >= 15 is 0 Å². The molecule has 0 aliphatic heterocycles. The molecule has 4 nitrogen and oxygen atoms in total. The Hall–Kier alpha value is -6.00. The predicted molar refractivity (Wildman–Crippen MR) is 180 cm³/mol. The first kappa shape index (κ1) is 25.7. The van der Waals surface area contributed by atoms with Gasteiger partial charge < -0.3 is 0 Å². The van der Waals surface area contributed by atoms with Crippen molar-refractivity contribution in [2.24, 2.45) is 0 Å². The molecule has 0 fully saturated rings. The van der Waals surface area contributed by atoms with E-state index in [-0.39, 0.29) is 0 Å². The van der Waals surface area contributed by atoms with Crippen molar-refractivity contribution in [3.8, 4) is 56.4 Å². The third kappa shape index (κ3) is 4.99. The summed E-state index contributed by atoms with van der Waals surface area (Å²) < 4.78 is 0. The highest BCUT2D eigenvalue weighted by molar-refractivity contribution is 5.90. The van der Waals surface area contributed by atoms with E-state index in [1.807, 2.05) is 66.7 Å². The standard InChI is InChI=1S/C40H26N4/c1-4-10-27(11-5-1)34-22-18-32-24-30(16-20-35(32)41-34)31-17-21-36-33(25-31)19-23-37(42-36)40-43-38(28-12-6-2-7-13-28)26-39(44-40)29-14-8-3-9-15-29/h1-26H. The molecule has 206 valence electrons. The maximum Gasteiger partial charge on any atom is 0.179 e. The van der Waals surface area contributed by atoms with E-state index in [0.29, 0.717) is 5.82 Å². The molecule has 0 N–H and O–H groups in total. The van der Waals surface area contributed by atoms with Crippen molar-refractivity contribution in [2.45, 2.75) is 0 Å². The van der Waals surface area contributed by atoms with Gasteiger partial charge in [0.05, 0.1) is 28.1 Å². The van der Waals surface area contributed by atoms with Gasteiger partial charge in [0.25, 0.3) is 0 Å². The molecule has 8 rings (SSSR count). The lowest BCUT2D eigenvalue weighted by Gasteiger charge is -2.10. The van der Waals surface area contributed by atoms with Crippen LogP contribution in [0.25, 0.3) is 78.2 Å². The quantitative estimate of drug-likeness (QED) is 0.209. The molecule has 0 amide bonds. The summed E-state index contributed by atoms with van der Waals surface area (Å²) >= 11 is 0. The minimum Gasteiger partial charge on any atom is -0.248 e. The van der Waals surface area contributed by atoms with E-state index in [1.165, 1.54) is 0 Å². The summed E-state index contributed by atoms with van der Waals surface area (Å²) in [4.78, 5) is 19.8.